The topological polar surface area (TPSA) is 64.3 Å². The summed E-state index contributed by atoms with van der Waals surface area (Å²) < 4.78 is 7.28. The number of aromatic nitrogens is 2. The molecule has 1 unspecified atom stereocenters. The van der Waals surface area contributed by atoms with Crippen LogP contribution < -0.4 is 10.3 Å². The van der Waals surface area contributed by atoms with E-state index in [-0.39, 0.29) is 18.7 Å². The van der Waals surface area contributed by atoms with Gasteiger partial charge < -0.3 is 9.84 Å². The first-order valence-corrected chi connectivity index (χ1v) is 10.9. The number of aliphatic hydroxyl groups excluding tert-OH is 1. The lowest BCUT2D eigenvalue weighted by atomic mass is 10.0. The summed E-state index contributed by atoms with van der Waals surface area (Å²) in [6.07, 6.45) is 3.15. The van der Waals surface area contributed by atoms with Gasteiger partial charge in [0.05, 0.1) is 18.3 Å². The number of aliphatic hydroxyl groups is 1. The minimum absolute atomic E-state index is 0.0762. The molecule has 6 heteroatoms. The number of rotatable bonds is 8. The van der Waals surface area contributed by atoms with E-state index in [0.29, 0.717) is 22.4 Å². The molecule has 0 amide bonds. The van der Waals surface area contributed by atoms with Gasteiger partial charge in [-0.3, -0.25) is 9.36 Å². The Balaban J connectivity index is 1.57. The standard InChI is InChI=1S/C25H24N2O3S/c1-3-9-18-10-7-8-13-21(18)30-15-20(28)14-27-16-26-24-23(25(27)29)22(17(2)31-24)19-11-5-4-6-12-19/h3-8,10-13,16,20,28H,1,9,14-15H2,2H3. The summed E-state index contributed by atoms with van der Waals surface area (Å²) in [5.41, 5.74) is 2.76. The monoisotopic (exact) mass is 432 g/mol. The number of hydrogen-bond acceptors (Lipinski definition) is 5. The minimum atomic E-state index is -0.853. The fourth-order valence-corrected chi connectivity index (χ4v) is 4.66. The molecule has 0 radical (unpaired) electrons. The average molecular weight is 433 g/mol. The molecule has 2 aromatic heterocycles. The fraction of sp³-hybridized carbons (Fsp3) is 0.200. The Labute approximate surface area is 184 Å². The zero-order valence-corrected chi connectivity index (χ0v) is 18.1. The van der Waals surface area contributed by atoms with Gasteiger partial charge in [-0.25, -0.2) is 4.98 Å². The van der Waals surface area contributed by atoms with E-state index in [9.17, 15) is 9.90 Å². The van der Waals surface area contributed by atoms with Gasteiger partial charge in [0.1, 0.15) is 23.3 Å². The highest BCUT2D eigenvalue weighted by molar-refractivity contribution is 7.19. The first kappa shape index (κ1) is 21.0. The smallest absolute Gasteiger partial charge is 0.262 e. The number of allylic oxidation sites excluding steroid dienone is 1. The number of aryl methyl sites for hydroxylation is 1. The summed E-state index contributed by atoms with van der Waals surface area (Å²) in [7, 11) is 0. The second-order valence-corrected chi connectivity index (χ2v) is 8.55. The molecule has 0 aliphatic rings. The molecule has 5 nitrogen and oxygen atoms in total. The van der Waals surface area contributed by atoms with Crippen molar-refractivity contribution in [2.75, 3.05) is 6.61 Å². The second-order valence-electron chi connectivity index (χ2n) is 7.35. The van der Waals surface area contributed by atoms with Gasteiger partial charge in [0.15, 0.2) is 0 Å². The van der Waals surface area contributed by atoms with E-state index in [4.69, 9.17) is 4.74 Å². The third kappa shape index (κ3) is 4.45. The lowest BCUT2D eigenvalue weighted by Gasteiger charge is -2.15. The molecule has 158 valence electrons. The van der Waals surface area contributed by atoms with Crippen molar-refractivity contribution in [1.29, 1.82) is 0 Å². The molecule has 0 aliphatic heterocycles. The van der Waals surface area contributed by atoms with E-state index in [0.717, 1.165) is 21.6 Å². The molecule has 1 atom stereocenters. The second kappa shape index (κ2) is 9.29. The van der Waals surface area contributed by atoms with Crippen molar-refractivity contribution < 1.29 is 9.84 Å². The highest BCUT2D eigenvalue weighted by Gasteiger charge is 2.18. The molecule has 31 heavy (non-hydrogen) atoms. The predicted molar refractivity (Wildman–Crippen MR) is 126 cm³/mol. The van der Waals surface area contributed by atoms with Crippen molar-refractivity contribution in [3.05, 3.63) is 94.4 Å². The quantitative estimate of drug-likeness (QED) is 0.413. The summed E-state index contributed by atoms with van der Waals surface area (Å²) in [4.78, 5) is 19.5. The summed E-state index contributed by atoms with van der Waals surface area (Å²) in [5, 5.41) is 11.1. The fourth-order valence-electron chi connectivity index (χ4n) is 3.65. The number of para-hydroxylation sites is 1. The van der Waals surface area contributed by atoms with E-state index in [1.54, 1.807) is 0 Å². The summed E-state index contributed by atoms with van der Waals surface area (Å²) in [5.74, 6) is 0.710. The number of ether oxygens (including phenoxy) is 1. The number of hydrogen-bond donors (Lipinski definition) is 1. The highest BCUT2D eigenvalue weighted by Crippen LogP contribution is 2.35. The van der Waals surface area contributed by atoms with Crippen molar-refractivity contribution in [3.63, 3.8) is 0 Å². The Morgan fingerprint density at radius 3 is 2.71 bits per heavy atom. The van der Waals surface area contributed by atoms with Crippen LogP contribution in [0, 0.1) is 6.92 Å². The number of nitrogens with zero attached hydrogens (tertiary/aromatic N) is 2. The van der Waals surface area contributed by atoms with Crippen molar-refractivity contribution in [2.24, 2.45) is 0 Å². The Morgan fingerprint density at radius 1 is 1.19 bits per heavy atom. The van der Waals surface area contributed by atoms with Crippen LogP contribution >= 0.6 is 11.3 Å². The lowest BCUT2D eigenvalue weighted by Crippen LogP contribution is -2.30. The molecule has 0 bridgehead atoms. The average Bonchev–Trinajstić information content (AvgIpc) is 3.12. The van der Waals surface area contributed by atoms with Crippen LogP contribution in [0.2, 0.25) is 0 Å². The van der Waals surface area contributed by atoms with Crippen LogP contribution in [0.25, 0.3) is 21.3 Å². The molecule has 2 heterocycles. The minimum Gasteiger partial charge on any atom is -0.491 e. The Morgan fingerprint density at radius 2 is 1.94 bits per heavy atom. The number of thiophene rings is 1. The van der Waals surface area contributed by atoms with Gasteiger partial charge in [0.2, 0.25) is 0 Å². The first-order valence-electron chi connectivity index (χ1n) is 10.1. The lowest BCUT2D eigenvalue weighted by molar-refractivity contribution is 0.0911. The Bertz CT molecular complexity index is 1260. The third-order valence-electron chi connectivity index (χ3n) is 5.09. The molecule has 0 spiro atoms. The van der Waals surface area contributed by atoms with E-state index in [2.05, 4.69) is 11.6 Å². The maximum atomic E-state index is 13.3. The normalized spacial score (nSPS) is 12.1. The zero-order valence-electron chi connectivity index (χ0n) is 17.3. The van der Waals surface area contributed by atoms with Crippen LogP contribution in [0.15, 0.2) is 78.4 Å². The third-order valence-corrected chi connectivity index (χ3v) is 6.11. The van der Waals surface area contributed by atoms with Gasteiger partial charge in [0.25, 0.3) is 5.56 Å². The molecular weight excluding hydrogens is 408 g/mol. The van der Waals surface area contributed by atoms with Gasteiger partial charge in [-0.15, -0.1) is 17.9 Å². The van der Waals surface area contributed by atoms with Crippen molar-refractivity contribution >= 4 is 21.6 Å². The van der Waals surface area contributed by atoms with Crippen molar-refractivity contribution in [3.8, 4) is 16.9 Å². The van der Waals surface area contributed by atoms with Crippen LogP contribution in [-0.4, -0.2) is 27.4 Å². The zero-order chi connectivity index (χ0) is 21.8. The summed E-state index contributed by atoms with van der Waals surface area (Å²) in [6, 6.07) is 17.5. The van der Waals surface area contributed by atoms with Gasteiger partial charge in [-0.05, 0) is 30.5 Å². The Kier molecular flexibility index (Phi) is 6.30. The van der Waals surface area contributed by atoms with Gasteiger partial charge in [-0.2, -0.15) is 0 Å². The Hall–Kier alpha value is -3.22. The maximum Gasteiger partial charge on any atom is 0.262 e. The molecule has 0 saturated heterocycles. The summed E-state index contributed by atoms with van der Waals surface area (Å²) in [6.45, 7) is 5.95. The first-order chi connectivity index (χ1) is 15.1. The molecule has 2 aromatic carbocycles. The van der Waals surface area contributed by atoms with Crippen LogP contribution in [0.1, 0.15) is 10.4 Å². The SMILES string of the molecule is C=CCc1ccccc1OCC(O)Cn1cnc2sc(C)c(-c3ccccc3)c2c1=O. The number of benzene rings is 2. The van der Waals surface area contributed by atoms with E-state index >= 15 is 0 Å². The number of fused-ring (bicyclic) bond motifs is 1. The molecule has 0 aliphatic carbocycles. The highest BCUT2D eigenvalue weighted by atomic mass is 32.1. The van der Waals surface area contributed by atoms with Crippen LogP contribution in [0.4, 0.5) is 0 Å². The van der Waals surface area contributed by atoms with Crippen molar-refractivity contribution in [2.45, 2.75) is 26.0 Å². The molecule has 1 N–H and O–H groups in total. The summed E-state index contributed by atoms with van der Waals surface area (Å²) >= 11 is 1.51. The van der Waals surface area contributed by atoms with Crippen LogP contribution in [-0.2, 0) is 13.0 Å². The molecular formula is C25H24N2O3S. The van der Waals surface area contributed by atoms with Crippen molar-refractivity contribution in [1.82, 2.24) is 9.55 Å². The predicted octanol–water partition coefficient (Wildman–Crippen LogP) is 4.60. The maximum absolute atomic E-state index is 13.3. The van der Waals surface area contributed by atoms with Gasteiger partial charge in [-0.1, -0.05) is 54.6 Å². The van der Waals surface area contributed by atoms with E-state index in [1.165, 1.54) is 22.2 Å². The van der Waals surface area contributed by atoms with E-state index in [1.807, 2.05) is 67.6 Å². The van der Waals surface area contributed by atoms with E-state index < -0.39 is 6.10 Å². The van der Waals surface area contributed by atoms with Gasteiger partial charge >= 0.3 is 0 Å². The van der Waals surface area contributed by atoms with Crippen LogP contribution in [0.5, 0.6) is 5.75 Å². The largest absolute Gasteiger partial charge is 0.491 e. The molecule has 4 rings (SSSR count). The van der Waals surface area contributed by atoms with Gasteiger partial charge in [0, 0.05) is 10.4 Å². The van der Waals surface area contributed by atoms with Crippen LogP contribution in [0.3, 0.4) is 0 Å². The molecule has 0 saturated carbocycles. The molecule has 4 aromatic rings. The molecule has 0 fully saturated rings.